The Morgan fingerprint density at radius 2 is 1.70 bits per heavy atom. The summed E-state index contributed by atoms with van der Waals surface area (Å²) in [5, 5.41) is 2.80. The van der Waals surface area contributed by atoms with E-state index in [0.29, 0.717) is 16.8 Å². The van der Waals surface area contributed by atoms with E-state index in [1.54, 1.807) is 13.0 Å². The first-order valence-corrected chi connectivity index (χ1v) is 8.15. The molecule has 1 heterocycles. The summed E-state index contributed by atoms with van der Waals surface area (Å²) in [6, 6.07) is 10.7. The maximum atomic E-state index is 13.2. The number of hydrogen-bond acceptors (Lipinski definition) is 3. The summed E-state index contributed by atoms with van der Waals surface area (Å²) in [5.41, 5.74) is 1.13. The zero-order chi connectivity index (χ0) is 16.6. The average Bonchev–Trinajstić information content (AvgIpc) is 2.70. The molecule has 0 bridgehead atoms. The van der Waals surface area contributed by atoms with E-state index >= 15 is 0 Å². The van der Waals surface area contributed by atoms with Crippen molar-refractivity contribution in [3.05, 3.63) is 71.3 Å². The van der Waals surface area contributed by atoms with Crippen molar-refractivity contribution >= 4 is 26.5 Å². The molecule has 4 nitrogen and oxygen atoms in total. The van der Waals surface area contributed by atoms with Gasteiger partial charge in [-0.05, 0) is 42.8 Å². The number of amidine groups is 1. The Kier molecular flexibility index (Phi) is 3.73. The number of nitrogens with one attached hydrogen (secondary N) is 1. The molecule has 0 atom stereocenters. The van der Waals surface area contributed by atoms with Gasteiger partial charge in [-0.15, -0.1) is 4.40 Å². The zero-order valence-electron chi connectivity index (χ0n) is 12.0. The molecule has 0 amide bonds. The standard InChI is InChI=1S/C16H12F2N2O2S/c1-10-15(11-5-7-12(17)8-6-11)23(21,22)20-16(10)19-14-4-2-3-13(18)9-14/h2-9H,1H3,(H,19,20). The fourth-order valence-corrected chi connectivity index (χ4v) is 3.75. The fourth-order valence-electron chi connectivity index (χ4n) is 2.32. The van der Waals surface area contributed by atoms with Crippen LogP contribution in [0.5, 0.6) is 0 Å². The molecule has 7 heteroatoms. The van der Waals surface area contributed by atoms with E-state index in [2.05, 4.69) is 9.71 Å². The Hall–Kier alpha value is -2.54. The van der Waals surface area contributed by atoms with Crippen LogP contribution >= 0.6 is 0 Å². The molecule has 0 spiro atoms. The first kappa shape index (κ1) is 15.4. The molecular weight excluding hydrogens is 322 g/mol. The van der Waals surface area contributed by atoms with Crippen LogP contribution in [0.15, 0.2) is 58.5 Å². The van der Waals surface area contributed by atoms with Gasteiger partial charge in [-0.3, -0.25) is 0 Å². The normalized spacial score (nSPS) is 16.4. The molecule has 0 saturated carbocycles. The molecule has 0 aliphatic carbocycles. The van der Waals surface area contributed by atoms with Crippen LogP contribution in [-0.2, 0) is 10.0 Å². The molecule has 2 aromatic rings. The summed E-state index contributed by atoms with van der Waals surface area (Å²) < 4.78 is 54.5. The lowest BCUT2D eigenvalue weighted by atomic mass is 10.1. The third-order valence-electron chi connectivity index (χ3n) is 3.36. The molecule has 0 fully saturated rings. The fraction of sp³-hybridized carbons (Fsp3) is 0.0625. The number of nitrogens with zero attached hydrogens (tertiary/aromatic N) is 1. The van der Waals surface area contributed by atoms with Crippen LogP contribution in [0.2, 0.25) is 0 Å². The van der Waals surface area contributed by atoms with Crippen LogP contribution in [0.1, 0.15) is 12.5 Å². The van der Waals surface area contributed by atoms with Gasteiger partial charge in [0, 0.05) is 11.3 Å². The lowest BCUT2D eigenvalue weighted by molar-refractivity contribution is 0.608. The van der Waals surface area contributed by atoms with Crippen molar-refractivity contribution in [2.24, 2.45) is 4.40 Å². The molecule has 0 radical (unpaired) electrons. The number of halogens is 2. The van der Waals surface area contributed by atoms with Crippen LogP contribution in [0, 0.1) is 11.6 Å². The van der Waals surface area contributed by atoms with Crippen molar-refractivity contribution in [3.63, 3.8) is 0 Å². The molecular formula is C16H12F2N2O2S. The summed E-state index contributed by atoms with van der Waals surface area (Å²) in [6.45, 7) is 1.59. The van der Waals surface area contributed by atoms with Crippen molar-refractivity contribution in [2.45, 2.75) is 6.92 Å². The number of benzene rings is 2. The Labute approximate surface area is 132 Å². The summed E-state index contributed by atoms with van der Waals surface area (Å²) in [7, 11) is -3.89. The highest BCUT2D eigenvalue weighted by molar-refractivity contribution is 8.00. The summed E-state index contributed by atoms with van der Waals surface area (Å²) >= 11 is 0. The zero-order valence-corrected chi connectivity index (χ0v) is 12.9. The van der Waals surface area contributed by atoms with Gasteiger partial charge in [0.2, 0.25) is 0 Å². The quantitative estimate of drug-likeness (QED) is 0.914. The minimum absolute atomic E-state index is 0.0106. The summed E-state index contributed by atoms with van der Waals surface area (Å²) in [5.74, 6) is -0.784. The van der Waals surface area contributed by atoms with E-state index in [-0.39, 0.29) is 10.7 Å². The smallest absolute Gasteiger partial charge is 0.285 e. The number of anilines is 1. The third kappa shape index (κ3) is 3.00. The number of rotatable bonds is 2. The van der Waals surface area contributed by atoms with E-state index in [9.17, 15) is 17.2 Å². The molecule has 1 aliphatic heterocycles. The topological polar surface area (TPSA) is 58.5 Å². The lowest BCUT2D eigenvalue weighted by Crippen LogP contribution is -2.11. The highest BCUT2D eigenvalue weighted by Gasteiger charge is 2.31. The number of sulfonamides is 1. The predicted octanol–water partition coefficient (Wildman–Crippen LogP) is 3.55. The van der Waals surface area contributed by atoms with E-state index in [1.807, 2.05) is 0 Å². The minimum Gasteiger partial charge on any atom is -0.339 e. The average molecular weight is 334 g/mol. The third-order valence-corrected chi connectivity index (χ3v) is 4.84. The lowest BCUT2D eigenvalue weighted by Gasteiger charge is -2.07. The Bertz CT molecular complexity index is 933. The Balaban J connectivity index is 2.01. The maximum Gasteiger partial charge on any atom is 0.285 e. The largest absolute Gasteiger partial charge is 0.339 e. The van der Waals surface area contributed by atoms with Crippen molar-refractivity contribution in [1.82, 2.24) is 0 Å². The molecule has 0 aromatic heterocycles. The molecule has 1 N–H and O–H groups in total. The van der Waals surface area contributed by atoms with Crippen LogP contribution in [0.3, 0.4) is 0 Å². The van der Waals surface area contributed by atoms with Gasteiger partial charge < -0.3 is 5.32 Å². The first-order valence-electron chi connectivity index (χ1n) is 6.71. The van der Waals surface area contributed by atoms with E-state index in [0.717, 1.165) is 0 Å². The molecule has 118 valence electrons. The van der Waals surface area contributed by atoms with Crippen LogP contribution in [-0.4, -0.2) is 14.3 Å². The molecule has 23 heavy (non-hydrogen) atoms. The SMILES string of the molecule is CC1=C(c2ccc(F)cc2)S(=O)(=O)N=C1Nc1cccc(F)c1. The van der Waals surface area contributed by atoms with Crippen LogP contribution < -0.4 is 5.32 Å². The Morgan fingerprint density at radius 1 is 1.00 bits per heavy atom. The molecule has 2 aromatic carbocycles. The van der Waals surface area contributed by atoms with Crippen LogP contribution in [0.25, 0.3) is 4.91 Å². The van der Waals surface area contributed by atoms with Gasteiger partial charge in [0.1, 0.15) is 22.4 Å². The van der Waals surface area contributed by atoms with Gasteiger partial charge in [0.15, 0.2) is 0 Å². The van der Waals surface area contributed by atoms with E-state index < -0.39 is 21.7 Å². The minimum atomic E-state index is -3.89. The van der Waals surface area contributed by atoms with Gasteiger partial charge in [-0.1, -0.05) is 18.2 Å². The van der Waals surface area contributed by atoms with Gasteiger partial charge in [-0.2, -0.15) is 8.42 Å². The second kappa shape index (κ2) is 5.58. The van der Waals surface area contributed by atoms with Crippen molar-refractivity contribution < 1.29 is 17.2 Å². The van der Waals surface area contributed by atoms with Gasteiger partial charge >= 0.3 is 0 Å². The maximum absolute atomic E-state index is 13.2. The van der Waals surface area contributed by atoms with Crippen molar-refractivity contribution in [3.8, 4) is 0 Å². The van der Waals surface area contributed by atoms with Gasteiger partial charge in [0.25, 0.3) is 10.0 Å². The number of hydrogen-bond donors (Lipinski definition) is 1. The monoisotopic (exact) mass is 334 g/mol. The molecule has 0 unspecified atom stereocenters. The highest BCUT2D eigenvalue weighted by Crippen LogP contribution is 2.33. The first-order chi connectivity index (χ1) is 10.9. The molecule has 0 saturated heterocycles. The second-order valence-electron chi connectivity index (χ2n) is 5.01. The van der Waals surface area contributed by atoms with Crippen molar-refractivity contribution in [1.29, 1.82) is 0 Å². The van der Waals surface area contributed by atoms with E-state index in [1.165, 1.54) is 42.5 Å². The molecule has 3 rings (SSSR count). The van der Waals surface area contributed by atoms with Gasteiger partial charge in [0.05, 0.1) is 0 Å². The predicted molar refractivity (Wildman–Crippen MR) is 85.4 cm³/mol. The van der Waals surface area contributed by atoms with Gasteiger partial charge in [-0.25, -0.2) is 8.78 Å². The second-order valence-corrected chi connectivity index (χ2v) is 6.55. The highest BCUT2D eigenvalue weighted by atomic mass is 32.2. The molecule has 1 aliphatic rings. The van der Waals surface area contributed by atoms with E-state index in [4.69, 9.17) is 0 Å². The van der Waals surface area contributed by atoms with Crippen LogP contribution in [0.4, 0.5) is 14.5 Å². The Morgan fingerprint density at radius 3 is 2.35 bits per heavy atom. The summed E-state index contributed by atoms with van der Waals surface area (Å²) in [4.78, 5) is 0.0106. The van der Waals surface area contributed by atoms with Crippen molar-refractivity contribution in [2.75, 3.05) is 5.32 Å². The summed E-state index contributed by atoms with van der Waals surface area (Å²) in [6.07, 6.45) is 0.